The molecule has 66 valence electrons. The van der Waals surface area contributed by atoms with Gasteiger partial charge in [-0.15, -0.1) is 0 Å². The lowest BCUT2D eigenvalue weighted by Crippen LogP contribution is -1.78. The van der Waals surface area contributed by atoms with Crippen LogP contribution in [0.15, 0.2) is 18.2 Å². The van der Waals surface area contributed by atoms with Gasteiger partial charge in [0.1, 0.15) is 0 Å². The van der Waals surface area contributed by atoms with Crippen molar-refractivity contribution in [3.63, 3.8) is 0 Å². The van der Waals surface area contributed by atoms with Gasteiger partial charge in [-0.1, -0.05) is 22.9 Å². The first-order valence-electron chi connectivity index (χ1n) is 3.58. The second kappa shape index (κ2) is 3.01. The number of benzene rings is 1. The molecule has 2 nitrogen and oxygen atoms in total. The molecule has 4 heteroatoms. The normalized spacial score (nSPS) is 10.5. The van der Waals surface area contributed by atoms with Crippen LogP contribution in [-0.2, 0) is 0 Å². The van der Waals surface area contributed by atoms with Gasteiger partial charge in [-0.25, -0.2) is 0 Å². The Morgan fingerprint density at radius 2 is 2.15 bits per heavy atom. The van der Waals surface area contributed by atoms with Gasteiger partial charge in [0.2, 0.25) is 0 Å². The number of hydrogen-bond donors (Lipinski definition) is 1. The number of carbonyl (C=O) groups is 1. The summed E-state index contributed by atoms with van der Waals surface area (Å²) in [5, 5.41) is 10.7. The van der Waals surface area contributed by atoms with Crippen LogP contribution in [0, 0.1) is 0 Å². The molecular formula is C9H5ClO2S. The number of aldehydes is 1. The lowest BCUT2D eigenvalue weighted by Gasteiger charge is -1.94. The molecule has 0 saturated carbocycles. The number of aromatic hydroxyl groups is 1. The molecular weight excluding hydrogens is 208 g/mol. The summed E-state index contributed by atoms with van der Waals surface area (Å²) in [6.45, 7) is 0. The molecule has 0 amide bonds. The van der Waals surface area contributed by atoms with E-state index in [2.05, 4.69) is 0 Å². The molecule has 0 unspecified atom stereocenters. The van der Waals surface area contributed by atoms with E-state index >= 15 is 0 Å². The predicted molar refractivity (Wildman–Crippen MR) is 53.9 cm³/mol. The molecule has 0 bridgehead atoms. The molecule has 1 heterocycles. The number of halogens is 1. The molecule has 2 aromatic rings. The quantitative estimate of drug-likeness (QED) is 0.738. The Morgan fingerprint density at radius 3 is 2.85 bits per heavy atom. The summed E-state index contributed by atoms with van der Waals surface area (Å²) in [5.41, 5.74) is 0.521. The van der Waals surface area contributed by atoms with Crippen molar-refractivity contribution in [1.82, 2.24) is 0 Å². The van der Waals surface area contributed by atoms with Crippen LogP contribution in [0.5, 0.6) is 5.06 Å². The van der Waals surface area contributed by atoms with Crippen LogP contribution in [-0.4, -0.2) is 11.4 Å². The molecule has 0 atom stereocenters. The minimum Gasteiger partial charge on any atom is -0.499 e. The van der Waals surface area contributed by atoms with Gasteiger partial charge in [0.05, 0.1) is 0 Å². The Hall–Kier alpha value is -1.06. The van der Waals surface area contributed by atoms with Crippen molar-refractivity contribution >= 4 is 39.3 Å². The van der Waals surface area contributed by atoms with Crippen molar-refractivity contribution < 1.29 is 9.90 Å². The molecule has 1 N–H and O–H groups in total. The molecule has 0 aliphatic heterocycles. The fourth-order valence-corrected chi connectivity index (χ4v) is 2.31. The summed E-state index contributed by atoms with van der Waals surface area (Å²) in [5.74, 6) is 0. The Bertz CT molecular complexity index is 476. The van der Waals surface area contributed by atoms with Crippen molar-refractivity contribution in [2.45, 2.75) is 0 Å². The molecule has 2 rings (SSSR count). The van der Waals surface area contributed by atoms with Crippen LogP contribution in [0.1, 0.15) is 10.4 Å². The Balaban J connectivity index is 2.88. The first-order chi connectivity index (χ1) is 6.20. The van der Waals surface area contributed by atoms with E-state index in [1.165, 1.54) is 11.3 Å². The van der Waals surface area contributed by atoms with Gasteiger partial charge in [0.25, 0.3) is 0 Å². The zero-order valence-electron chi connectivity index (χ0n) is 6.45. The molecule has 0 saturated heterocycles. The van der Waals surface area contributed by atoms with E-state index in [1.807, 2.05) is 0 Å². The molecule has 0 fully saturated rings. The lowest BCUT2D eigenvalue weighted by molar-refractivity contribution is 0.112. The van der Waals surface area contributed by atoms with E-state index in [1.54, 1.807) is 18.2 Å². The van der Waals surface area contributed by atoms with Crippen LogP contribution in [0.25, 0.3) is 10.1 Å². The SMILES string of the molecule is O=Cc1cc(Cl)cc2cc(O)sc12. The summed E-state index contributed by atoms with van der Waals surface area (Å²) in [4.78, 5) is 10.6. The van der Waals surface area contributed by atoms with Crippen LogP contribution < -0.4 is 0 Å². The standard InChI is InChI=1S/C9H5ClO2S/c10-7-1-5-3-8(12)13-9(5)6(2-7)4-11/h1-4,12H. The van der Waals surface area contributed by atoms with Gasteiger partial charge < -0.3 is 5.11 Å². The smallest absolute Gasteiger partial charge is 0.172 e. The highest BCUT2D eigenvalue weighted by molar-refractivity contribution is 7.21. The molecule has 1 aromatic carbocycles. The van der Waals surface area contributed by atoms with E-state index in [0.29, 0.717) is 10.6 Å². The maximum absolute atomic E-state index is 10.6. The highest BCUT2D eigenvalue weighted by Crippen LogP contribution is 2.34. The fraction of sp³-hybridized carbons (Fsp3) is 0. The predicted octanol–water partition coefficient (Wildman–Crippen LogP) is 3.07. The second-order valence-electron chi connectivity index (χ2n) is 2.62. The van der Waals surface area contributed by atoms with Crippen LogP contribution >= 0.6 is 22.9 Å². The van der Waals surface area contributed by atoms with Gasteiger partial charge in [0, 0.05) is 15.3 Å². The fourth-order valence-electron chi connectivity index (χ4n) is 1.22. The Morgan fingerprint density at radius 1 is 1.38 bits per heavy atom. The Labute approximate surface area is 83.4 Å². The Kier molecular flexibility index (Phi) is 1.98. The minimum atomic E-state index is 0.195. The molecule has 13 heavy (non-hydrogen) atoms. The molecule has 0 radical (unpaired) electrons. The average molecular weight is 213 g/mol. The largest absolute Gasteiger partial charge is 0.499 e. The summed E-state index contributed by atoms with van der Waals surface area (Å²) < 4.78 is 0.775. The number of fused-ring (bicyclic) bond motifs is 1. The maximum atomic E-state index is 10.6. The maximum Gasteiger partial charge on any atom is 0.172 e. The highest BCUT2D eigenvalue weighted by Gasteiger charge is 2.06. The molecule has 1 aromatic heterocycles. The summed E-state index contributed by atoms with van der Waals surface area (Å²) >= 11 is 6.95. The average Bonchev–Trinajstić information content (AvgIpc) is 2.43. The number of carbonyl (C=O) groups excluding carboxylic acids is 1. The summed E-state index contributed by atoms with van der Waals surface area (Å²) in [6, 6.07) is 4.91. The zero-order valence-corrected chi connectivity index (χ0v) is 8.02. The minimum absolute atomic E-state index is 0.195. The highest BCUT2D eigenvalue weighted by atomic mass is 35.5. The summed E-state index contributed by atoms with van der Waals surface area (Å²) in [6.07, 6.45) is 0.740. The van der Waals surface area contributed by atoms with Gasteiger partial charge in [-0.05, 0) is 23.6 Å². The van der Waals surface area contributed by atoms with Crippen molar-refractivity contribution in [2.75, 3.05) is 0 Å². The molecule has 0 aliphatic carbocycles. The molecule has 0 aliphatic rings. The first kappa shape index (κ1) is 8.53. The molecule has 0 spiro atoms. The third-order valence-electron chi connectivity index (χ3n) is 1.72. The van der Waals surface area contributed by atoms with E-state index in [4.69, 9.17) is 11.6 Å². The van der Waals surface area contributed by atoms with Crippen molar-refractivity contribution in [3.8, 4) is 5.06 Å². The number of thiophene rings is 1. The van der Waals surface area contributed by atoms with E-state index < -0.39 is 0 Å². The zero-order chi connectivity index (χ0) is 9.42. The van der Waals surface area contributed by atoms with E-state index in [0.717, 1.165) is 16.4 Å². The first-order valence-corrected chi connectivity index (χ1v) is 4.77. The number of hydrogen-bond acceptors (Lipinski definition) is 3. The van der Waals surface area contributed by atoms with Gasteiger partial charge >= 0.3 is 0 Å². The summed E-state index contributed by atoms with van der Waals surface area (Å²) in [7, 11) is 0. The van der Waals surface area contributed by atoms with Crippen molar-refractivity contribution in [2.24, 2.45) is 0 Å². The van der Waals surface area contributed by atoms with Crippen LogP contribution in [0.4, 0.5) is 0 Å². The van der Waals surface area contributed by atoms with Crippen molar-refractivity contribution in [1.29, 1.82) is 0 Å². The van der Waals surface area contributed by atoms with E-state index in [9.17, 15) is 9.90 Å². The van der Waals surface area contributed by atoms with Crippen molar-refractivity contribution in [3.05, 3.63) is 28.8 Å². The monoisotopic (exact) mass is 212 g/mol. The van der Waals surface area contributed by atoms with E-state index in [-0.39, 0.29) is 5.06 Å². The van der Waals surface area contributed by atoms with Gasteiger partial charge in [-0.3, -0.25) is 4.79 Å². The second-order valence-corrected chi connectivity index (χ2v) is 4.08. The lowest BCUT2D eigenvalue weighted by atomic mass is 10.2. The van der Waals surface area contributed by atoms with Gasteiger partial charge in [0.15, 0.2) is 11.3 Å². The van der Waals surface area contributed by atoms with Gasteiger partial charge in [-0.2, -0.15) is 0 Å². The third kappa shape index (κ3) is 1.41. The van der Waals surface area contributed by atoms with Crippen LogP contribution in [0.2, 0.25) is 5.02 Å². The number of rotatable bonds is 1. The van der Waals surface area contributed by atoms with Crippen LogP contribution in [0.3, 0.4) is 0 Å². The topological polar surface area (TPSA) is 37.3 Å². The third-order valence-corrected chi connectivity index (χ3v) is 2.94.